The molecular formula is C14H19NO3. The molecule has 1 fully saturated rings. The Hall–Kier alpha value is -1.71. The number of hydrogen-bond acceptors (Lipinski definition) is 3. The molecule has 1 saturated heterocycles. The van der Waals surface area contributed by atoms with Gasteiger partial charge in [0.05, 0.1) is 0 Å². The average Bonchev–Trinajstić information content (AvgIpc) is 2.28. The molecule has 0 unspecified atom stereocenters. The van der Waals surface area contributed by atoms with E-state index < -0.39 is 0 Å². The van der Waals surface area contributed by atoms with Crippen molar-refractivity contribution < 1.29 is 15.0 Å². The van der Waals surface area contributed by atoms with Crippen LogP contribution < -0.4 is 0 Å². The Morgan fingerprint density at radius 3 is 2.17 bits per heavy atom. The van der Waals surface area contributed by atoms with E-state index in [1.54, 1.807) is 4.90 Å². The van der Waals surface area contributed by atoms with Gasteiger partial charge in [-0.05, 0) is 45.2 Å². The van der Waals surface area contributed by atoms with Crippen molar-refractivity contribution in [2.75, 3.05) is 0 Å². The van der Waals surface area contributed by atoms with Crippen LogP contribution in [0.3, 0.4) is 0 Å². The van der Waals surface area contributed by atoms with Crippen molar-refractivity contribution in [3.8, 4) is 11.5 Å². The third kappa shape index (κ3) is 2.15. The van der Waals surface area contributed by atoms with E-state index >= 15 is 0 Å². The second-order valence-corrected chi connectivity index (χ2v) is 5.01. The third-order valence-electron chi connectivity index (χ3n) is 3.66. The number of nitrogens with zero attached hydrogens (tertiary/aromatic N) is 1. The van der Waals surface area contributed by atoms with Gasteiger partial charge in [0.25, 0.3) is 5.91 Å². The summed E-state index contributed by atoms with van der Waals surface area (Å²) in [6.45, 7) is 4.01. The molecule has 1 heterocycles. The fourth-order valence-corrected chi connectivity index (χ4v) is 2.70. The van der Waals surface area contributed by atoms with E-state index in [0.717, 1.165) is 19.3 Å². The predicted molar refractivity (Wildman–Crippen MR) is 68.7 cm³/mol. The van der Waals surface area contributed by atoms with Crippen molar-refractivity contribution in [3.05, 3.63) is 23.8 Å². The fraction of sp³-hybridized carbons (Fsp3) is 0.500. The van der Waals surface area contributed by atoms with E-state index in [9.17, 15) is 15.0 Å². The topological polar surface area (TPSA) is 60.8 Å². The molecule has 2 N–H and O–H groups in total. The van der Waals surface area contributed by atoms with E-state index in [1.807, 2.05) is 13.8 Å². The summed E-state index contributed by atoms with van der Waals surface area (Å²) < 4.78 is 0. The molecule has 18 heavy (non-hydrogen) atoms. The molecule has 98 valence electrons. The van der Waals surface area contributed by atoms with Gasteiger partial charge in [0.1, 0.15) is 17.1 Å². The first-order chi connectivity index (χ1) is 8.52. The molecule has 1 aromatic rings. The Labute approximate surface area is 107 Å². The highest BCUT2D eigenvalue weighted by Gasteiger charge is 2.32. The Morgan fingerprint density at radius 1 is 1.17 bits per heavy atom. The molecular weight excluding hydrogens is 230 g/mol. The Balaban J connectivity index is 2.35. The summed E-state index contributed by atoms with van der Waals surface area (Å²) in [6.07, 6.45) is 3.04. The smallest absolute Gasteiger partial charge is 0.261 e. The van der Waals surface area contributed by atoms with Gasteiger partial charge in [-0.1, -0.05) is 6.07 Å². The second-order valence-electron chi connectivity index (χ2n) is 5.01. The van der Waals surface area contributed by atoms with E-state index in [-0.39, 0.29) is 35.1 Å². The lowest BCUT2D eigenvalue weighted by Crippen LogP contribution is -2.47. The molecule has 1 amide bonds. The molecule has 1 aromatic carbocycles. The number of aromatic hydroxyl groups is 2. The lowest BCUT2D eigenvalue weighted by Gasteiger charge is -2.39. The number of amides is 1. The summed E-state index contributed by atoms with van der Waals surface area (Å²) in [5, 5.41) is 19.5. The van der Waals surface area contributed by atoms with Gasteiger partial charge in [0.2, 0.25) is 0 Å². The third-order valence-corrected chi connectivity index (χ3v) is 3.66. The molecule has 1 aliphatic rings. The minimum atomic E-state index is -0.287. The zero-order valence-electron chi connectivity index (χ0n) is 10.8. The zero-order chi connectivity index (χ0) is 13.3. The quantitative estimate of drug-likeness (QED) is 0.804. The van der Waals surface area contributed by atoms with Crippen molar-refractivity contribution in [1.29, 1.82) is 0 Å². The van der Waals surface area contributed by atoms with Gasteiger partial charge in [0.15, 0.2) is 0 Å². The maximum Gasteiger partial charge on any atom is 0.261 e. The number of phenols is 2. The molecule has 0 radical (unpaired) electrons. The summed E-state index contributed by atoms with van der Waals surface area (Å²) in [5.41, 5.74) is 0.0121. The number of benzene rings is 1. The highest BCUT2D eigenvalue weighted by molar-refractivity contribution is 5.99. The van der Waals surface area contributed by atoms with Crippen LogP contribution in [0.1, 0.15) is 43.5 Å². The van der Waals surface area contributed by atoms with Crippen molar-refractivity contribution in [3.63, 3.8) is 0 Å². The highest BCUT2D eigenvalue weighted by atomic mass is 16.3. The van der Waals surface area contributed by atoms with Crippen molar-refractivity contribution in [2.45, 2.75) is 45.2 Å². The van der Waals surface area contributed by atoms with Crippen molar-refractivity contribution in [1.82, 2.24) is 4.90 Å². The van der Waals surface area contributed by atoms with Gasteiger partial charge < -0.3 is 15.1 Å². The number of phenolic OH excluding ortho intramolecular Hbond substituents is 2. The van der Waals surface area contributed by atoms with Crippen molar-refractivity contribution in [2.24, 2.45) is 0 Å². The Bertz CT molecular complexity index is 428. The maximum absolute atomic E-state index is 12.5. The van der Waals surface area contributed by atoms with Crippen LogP contribution in [0.2, 0.25) is 0 Å². The van der Waals surface area contributed by atoms with E-state index in [4.69, 9.17) is 0 Å². The number of likely N-dealkylation sites (tertiary alicyclic amines) is 1. The van der Waals surface area contributed by atoms with Gasteiger partial charge in [0, 0.05) is 12.1 Å². The first kappa shape index (κ1) is 12.7. The lowest BCUT2D eigenvalue weighted by atomic mass is 9.96. The van der Waals surface area contributed by atoms with E-state index in [0.29, 0.717) is 0 Å². The average molecular weight is 249 g/mol. The first-order valence-electron chi connectivity index (χ1n) is 6.36. The number of rotatable bonds is 1. The minimum absolute atomic E-state index is 0.0121. The minimum Gasteiger partial charge on any atom is -0.507 e. The van der Waals surface area contributed by atoms with Crippen LogP contribution in [0.4, 0.5) is 0 Å². The molecule has 0 aromatic heterocycles. The van der Waals surface area contributed by atoms with Crippen LogP contribution in [-0.4, -0.2) is 33.1 Å². The van der Waals surface area contributed by atoms with Gasteiger partial charge in [-0.2, -0.15) is 0 Å². The zero-order valence-corrected chi connectivity index (χ0v) is 10.8. The van der Waals surface area contributed by atoms with Gasteiger partial charge in [-0.25, -0.2) is 0 Å². The van der Waals surface area contributed by atoms with Crippen LogP contribution in [0.15, 0.2) is 18.2 Å². The standard InChI is InChI=1S/C14H19NO3/c1-9-5-3-6-10(2)15(9)14(18)13-11(16)7-4-8-12(13)17/h4,7-10,16-17H,3,5-6H2,1-2H3/t9-,10+. The Morgan fingerprint density at radius 2 is 1.67 bits per heavy atom. The molecule has 0 bridgehead atoms. The van der Waals surface area contributed by atoms with Crippen LogP contribution in [-0.2, 0) is 0 Å². The molecule has 1 aliphatic heterocycles. The molecule has 2 atom stereocenters. The van der Waals surface area contributed by atoms with Gasteiger partial charge >= 0.3 is 0 Å². The van der Waals surface area contributed by atoms with E-state index in [2.05, 4.69) is 0 Å². The highest BCUT2D eigenvalue weighted by Crippen LogP contribution is 2.31. The predicted octanol–water partition coefficient (Wildman–Crippen LogP) is 2.50. The SMILES string of the molecule is C[C@@H]1CCC[C@H](C)N1C(=O)c1c(O)cccc1O. The first-order valence-corrected chi connectivity index (χ1v) is 6.36. The summed E-state index contributed by atoms with van der Waals surface area (Å²) in [7, 11) is 0. The summed E-state index contributed by atoms with van der Waals surface area (Å²) >= 11 is 0. The van der Waals surface area contributed by atoms with Crippen LogP contribution in [0, 0.1) is 0 Å². The number of piperidine rings is 1. The molecule has 4 nitrogen and oxygen atoms in total. The normalized spacial score (nSPS) is 24.0. The largest absolute Gasteiger partial charge is 0.507 e. The molecule has 0 saturated carbocycles. The molecule has 4 heteroatoms. The number of carbonyl (C=O) groups is 1. The number of hydrogen-bond donors (Lipinski definition) is 2. The maximum atomic E-state index is 12.5. The van der Waals surface area contributed by atoms with Gasteiger partial charge in [-0.3, -0.25) is 4.79 Å². The molecule has 2 rings (SSSR count). The van der Waals surface area contributed by atoms with E-state index in [1.165, 1.54) is 18.2 Å². The summed E-state index contributed by atoms with van der Waals surface area (Å²) in [5.74, 6) is -0.611. The van der Waals surface area contributed by atoms with Crippen LogP contribution in [0.5, 0.6) is 11.5 Å². The van der Waals surface area contributed by atoms with Crippen LogP contribution in [0.25, 0.3) is 0 Å². The van der Waals surface area contributed by atoms with Crippen LogP contribution >= 0.6 is 0 Å². The van der Waals surface area contributed by atoms with Gasteiger partial charge in [-0.15, -0.1) is 0 Å². The lowest BCUT2D eigenvalue weighted by molar-refractivity contribution is 0.0505. The fourth-order valence-electron chi connectivity index (χ4n) is 2.70. The van der Waals surface area contributed by atoms with Crippen molar-refractivity contribution >= 4 is 5.91 Å². The Kier molecular flexibility index (Phi) is 3.45. The molecule has 0 aliphatic carbocycles. The molecule has 0 spiro atoms. The number of carbonyl (C=O) groups excluding carboxylic acids is 1. The second kappa shape index (κ2) is 4.88. The summed E-state index contributed by atoms with van der Waals surface area (Å²) in [6, 6.07) is 4.64. The monoisotopic (exact) mass is 249 g/mol. The summed E-state index contributed by atoms with van der Waals surface area (Å²) in [4.78, 5) is 14.2.